The largest absolute Gasteiger partial charge is 0.461 e. The molecule has 2 heterocycles. The molecule has 7 aliphatic rings. The van der Waals surface area contributed by atoms with Crippen LogP contribution >= 0.6 is 0 Å². The van der Waals surface area contributed by atoms with Gasteiger partial charge in [-0.15, -0.1) is 0 Å². The molecule has 7 fully saturated rings. The van der Waals surface area contributed by atoms with E-state index in [1.807, 2.05) is 6.92 Å². The van der Waals surface area contributed by atoms with E-state index >= 15 is 0 Å². The van der Waals surface area contributed by atoms with Crippen molar-refractivity contribution in [2.24, 2.45) is 34.5 Å². The first-order valence-corrected chi connectivity index (χ1v) is 18.0. The van der Waals surface area contributed by atoms with Crippen LogP contribution in [0.5, 0.6) is 0 Å². The molecule has 1 aromatic carbocycles. The third-order valence-electron chi connectivity index (χ3n) is 14.6. The number of hydrogen-bond acceptors (Lipinski definition) is 12. The van der Waals surface area contributed by atoms with Gasteiger partial charge in [0.05, 0.1) is 59.3 Å². The second-order valence-corrected chi connectivity index (χ2v) is 16.1. The van der Waals surface area contributed by atoms with Crippen LogP contribution < -0.4 is 4.90 Å². The first-order chi connectivity index (χ1) is 23.8. The van der Waals surface area contributed by atoms with E-state index in [1.54, 1.807) is 52.5 Å². The second kappa shape index (κ2) is 11.3. The maximum absolute atomic E-state index is 14.1. The van der Waals surface area contributed by atoms with Crippen molar-refractivity contribution in [3.63, 3.8) is 0 Å². The third kappa shape index (κ3) is 3.73. The predicted octanol–water partition coefficient (Wildman–Crippen LogP) is 1.15. The Hall–Kier alpha value is -2.49. The lowest BCUT2D eigenvalue weighted by Gasteiger charge is -2.72. The summed E-state index contributed by atoms with van der Waals surface area (Å²) in [6, 6.07) is 5.71. The van der Waals surface area contributed by atoms with E-state index in [-0.39, 0.29) is 54.9 Å². The second-order valence-electron chi connectivity index (χ2n) is 16.1. The summed E-state index contributed by atoms with van der Waals surface area (Å²) in [5.41, 5.74) is -7.00. The highest BCUT2D eigenvalue weighted by molar-refractivity contribution is 6.22. The molecule has 0 aromatic heterocycles. The SMILES string of the molecule is CCN1CC2(COC(=O)c3ccccc3N3C(=O)CC(C)C3=O)CCC(OC)C34C2C(OC)C(O)(C13)C1(O)CC(OC)C2CC4(O)C1C2OC. The fourth-order valence-corrected chi connectivity index (χ4v) is 13.2. The zero-order valence-corrected chi connectivity index (χ0v) is 29.7. The summed E-state index contributed by atoms with van der Waals surface area (Å²) < 4.78 is 31.0. The van der Waals surface area contributed by atoms with Gasteiger partial charge in [0.1, 0.15) is 11.2 Å². The number of anilines is 1. The molecule has 0 radical (unpaired) electrons. The number of esters is 1. The molecule has 1 spiro atoms. The van der Waals surface area contributed by atoms with Crippen LogP contribution in [0.2, 0.25) is 0 Å². The Labute approximate surface area is 292 Å². The minimum atomic E-state index is -1.88. The van der Waals surface area contributed by atoms with E-state index < -0.39 is 81.8 Å². The normalized spacial score (nSPS) is 48.7. The molecule has 2 amide bonds. The molecule has 2 saturated heterocycles. The number of ether oxygens (including phenoxy) is 5. The number of hydrogen-bond donors (Lipinski definition) is 3. The van der Waals surface area contributed by atoms with Crippen LogP contribution in [0.4, 0.5) is 5.69 Å². The average Bonchev–Trinajstić information content (AvgIpc) is 3.60. The number of amides is 2. The Kier molecular flexibility index (Phi) is 7.79. The topological polar surface area (TPSA) is 165 Å². The van der Waals surface area contributed by atoms with Crippen LogP contribution in [0.3, 0.4) is 0 Å². The van der Waals surface area contributed by atoms with E-state index in [0.29, 0.717) is 25.9 Å². The monoisotopic (exact) mass is 698 g/mol. The number of aliphatic hydroxyl groups is 3. The van der Waals surface area contributed by atoms with E-state index in [1.165, 1.54) is 7.11 Å². The van der Waals surface area contributed by atoms with Gasteiger partial charge in [-0.25, -0.2) is 9.69 Å². The zero-order chi connectivity index (χ0) is 35.8. The van der Waals surface area contributed by atoms with Gasteiger partial charge in [0, 0.05) is 76.9 Å². The lowest BCUT2D eigenvalue weighted by molar-refractivity contribution is -0.357. The highest BCUT2D eigenvalue weighted by Crippen LogP contribution is 2.81. The number of fused-ring (bicyclic) bond motifs is 2. The van der Waals surface area contributed by atoms with Gasteiger partial charge < -0.3 is 39.0 Å². The van der Waals surface area contributed by atoms with Crippen molar-refractivity contribution in [3.8, 4) is 0 Å². The Balaban J connectivity index is 1.26. The number of para-hydroxylation sites is 1. The van der Waals surface area contributed by atoms with Gasteiger partial charge in [0.15, 0.2) is 0 Å². The van der Waals surface area contributed by atoms with Crippen LogP contribution in [-0.2, 0) is 33.3 Å². The van der Waals surface area contributed by atoms with Crippen LogP contribution in [0.25, 0.3) is 0 Å². The molecule has 14 unspecified atom stereocenters. The van der Waals surface area contributed by atoms with Crippen LogP contribution in [-0.4, -0.2) is 133 Å². The number of nitrogens with zero attached hydrogens (tertiary/aromatic N) is 2. The Morgan fingerprint density at radius 2 is 1.70 bits per heavy atom. The Bertz CT molecular complexity index is 1610. The fraction of sp³-hybridized carbons (Fsp3) is 0.757. The number of piperidine rings is 1. The lowest BCUT2D eigenvalue weighted by Crippen LogP contribution is -2.86. The maximum Gasteiger partial charge on any atom is 0.340 e. The highest BCUT2D eigenvalue weighted by Gasteiger charge is 2.95. The summed E-state index contributed by atoms with van der Waals surface area (Å²) in [6.45, 7) is 4.48. The van der Waals surface area contributed by atoms with E-state index in [0.717, 1.165) is 4.90 Å². The van der Waals surface area contributed by atoms with Crippen molar-refractivity contribution >= 4 is 23.5 Å². The molecule has 13 nitrogen and oxygen atoms in total. The van der Waals surface area contributed by atoms with Gasteiger partial charge in [0.25, 0.3) is 0 Å². The number of methoxy groups -OCH3 is 4. The number of imide groups is 1. The first-order valence-electron chi connectivity index (χ1n) is 18.0. The van der Waals surface area contributed by atoms with Crippen molar-refractivity contribution in [1.29, 1.82) is 0 Å². The highest BCUT2D eigenvalue weighted by atomic mass is 16.5. The van der Waals surface area contributed by atoms with Gasteiger partial charge in [-0.3, -0.25) is 14.5 Å². The molecule has 2 aliphatic heterocycles. The summed E-state index contributed by atoms with van der Waals surface area (Å²) in [6.07, 6.45) is -1.09. The quantitative estimate of drug-likeness (QED) is 0.249. The van der Waals surface area contributed by atoms with Gasteiger partial charge in [-0.2, -0.15) is 0 Å². The van der Waals surface area contributed by atoms with Crippen LogP contribution in [0, 0.1) is 34.5 Å². The molecule has 50 heavy (non-hydrogen) atoms. The number of likely N-dealkylation sites (N-methyl/N-ethyl adjacent to an activating group) is 1. The van der Waals surface area contributed by atoms with Crippen molar-refractivity contribution in [2.45, 2.75) is 93.2 Å². The van der Waals surface area contributed by atoms with Gasteiger partial charge in [-0.05, 0) is 37.9 Å². The molecule has 14 atom stereocenters. The standard InChI is InChI=1S/C37H50N2O11/c1-7-38-17-33(18-50-31(42)20-10-8-9-11-22(20)39-25(40)14-19(2)30(39)41)13-12-24(47-4)36-28(33)29(49-6)37(45,32(36)38)35(44)16-23(46-3)21-15-34(36,43)27(35)26(21)48-5/h8-11,19,21,23-24,26-29,32,43-45H,7,12-18H2,1-6H3. The molecule has 3 N–H and O–H groups in total. The first kappa shape index (κ1) is 34.6. The summed E-state index contributed by atoms with van der Waals surface area (Å²) in [5.74, 6) is -3.61. The van der Waals surface area contributed by atoms with Crippen molar-refractivity contribution < 1.29 is 53.4 Å². The minimum Gasteiger partial charge on any atom is -0.461 e. The molecular weight excluding hydrogens is 648 g/mol. The molecule has 274 valence electrons. The summed E-state index contributed by atoms with van der Waals surface area (Å²) in [5, 5.41) is 40.2. The van der Waals surface area contributed by atoms with Crippen LogP contribution in [0.1, 0.15) is 56.3 Å². The summed E-state index contributed by atoms with van der Waals surface area (Å²) in [7, 11) is 6.33. The van der Waals surface area contributed by atoms with Gasteiger partial charge >= 0.3 is 5.97 Å². The lowest BCUT2D eigenvalue weighted by atomic mass is 9.41. The number of carbonyl (C=O) groups excluding carboxylic acids is 3. The number of likely N-dealkylation sites (tertiary alicyclic amines) is 1. The molecular formula is C37H50N2O11. The third-order valence-corrected chi connectivity index (χ3v) is 14.6. The van der Waals surface area contributed by atoms with Gasteiger partial charge in [0.2, 0.25) is 11.8 Å². The summed E-state index contributed by atoms with van der Waals surface area (Å²) in [4.78, 5) is 43.1. The molecule has 13 heteroatoms. The minimum absolute atomic E-state index is 0.0667. The Morgan fingerprint density at radius 3 is 2.32 bits per heavy atom. The number of carbonyl (C=O) groups is 3. The number of benzene rings is 1. The molecule has 7 bridgehead atoms. The average molecular weight is 699 g/mol. The van der Waals surface area contributed by atoms with E-state index in [2.05, 4.69) is 4.90 Å². The maximum atomic E-state index is 14.1. The van der Waals surface area contributed by atoms with Crippen molar-refractivity contribution in [2.75, 3.05) is 53.0 Å². The van der Waals surface area contributed by atoms with Crippen molar-refractivity contribution in [1.82, 2.24) is 4.90 Å². The summed E-state index contributed by atoms with van der Waals surface area (Å²) >= 11 is 0. The van der Waals surface area contributed by atoms with Crippen molar-refractivity contribution in [3.05, 3.63) is 29.8 Å². The zero-order valence-electron chi connectivity index (χ0n) is 29.7. The van der Waals surface area contributed by atoms with Crippen LogP contribution in [0.15, 0.2) is 24.3 Å². The molecule has 5 aliphatic carbocycles. The van der Waals surface area contributed by atoms with E-state index in [4.69, 9.17) is 23.7 Å². The molecule has 5 saturated carbocycles. The fourth-order valence-electron chi connectivity index (χ4n) is 13.2. The Morgan fingerprint density at radius 1 is 0.960 bits per heavy atom. The predicted molar refractivity (Wildman–Crippen MR) is 176 cm³/mol. The molecule has 8 rings (SSSR count). The van der Waals surface area contributed by atoms with Gasteiger partial charge in [-0.1, -0.05) is 26.0 Å². The smallest absolute Gasteiger partial charge is 0.340 e. The number of rotatable bonds is 9. The molecule has 1 aromatic rings. The van der Waals surface area contributed by atoms with E-state index in [9.17, 15) is 29.7 Å².